The number of furan rings is 1. The van der Waals surface area contributed by atoms with Crippen LogP contribution in [-0.4, -0.2) is 17.1 Å². The van der Waals surface area contributed by atoms with E-state index < -0.39 is 10.9 Å². The van der Waals surface area contributed by atoms with Crippen LogP contribution in [0.1, 0.15) is 21.7 Å². The molecule has 3 aromatic rings. The number of nitrogens with zero attached hydrogens (tertiary/aromatic N) is 2. The second-order valence-electron chi connectivity index (χ2n) is 5.67. The highest BCUT2D eigenvalue weighted by atomic mass is 35.5. The van der Waals surface area contributed by atoms with Gasteiger partial charge >= 0.3 is 0 Å². The molecular weight excluding hydrogens is 372 g/mol. The first-order valence-electron chi connectivity index (χ1n) is 7.75. The fourth-order valence-corrected chi connectivity index (χ4v) is 2.62. The lowest BCUT2D eigenvalue weighted by Gasteiger charge is -2.08. The lowest BCUT2D eigenvalue weighted by atomic mass is 10.0. The molecule has 136 valence electrons. The van der Waals surface area contributed by atoms with Gasteiger partial charge in [-0.25, -0.2) is 0 Å². The molecule has 0 spiro atoms. The van der Waals surface area contributed by atoms with Gasteiger partial charge in [-0.15, -0.1) is 0 Å². The van der Waals surface area contributed by atoms with Crippen LogP contribution in [0, 0.1) is 17.0 Å². The fraction of sp³-hybridized carbons (Fsp3) is 0.0526. The van der Waals surface area contributed by atoms with Gasteiger partial charge in [0.2, 0.25) is 0 Å². The smallest absolute Gasteiger partial charge is 0.290 e. The summed E-state index contributed by atoms with van der Waals surface area (Å²) >= 11 is 5.77. The molecule has 0 aliphatic rings. The van der Waals surface area contributed by atoms with Crippen molar-refractivity contribution in [1.29, 1.82) is 0 Å². The molecule has 0 radical (unpaired) electrons. The number of carbonyl (C=O) groups is 1. The molecule has 0 unspecified atom stereocenters. The summed E-state index contributed by atoms with van der Waals surface area (Å²) in [5.41, 5.74) is 1.38. The van der Waals surface area contributed by atoms with Gasteiger partial charge < -0.3 is 14.3 Å². The molecule has 7 nitrogen and oxygen atoms in total. The van der Waals surface area contributed by atoms with Crippen molar-refractivity contribution in [2.24, 2.45) is 4.99 Å². The summed E-state index contributed by atoms with van der Waals surface area (Å²) in [6.07, 6.45) is 1.41. The maximum atomic E-state index is 11.1. The van der Waals surface area contributed by atoms with Crippen LogP contribution in [0.3, 0.4) is 0 Å². The molecule has 0 aliphatic carbocycles. The lowest BCUT2D eigenvalue weighted by Crippen LogP contribution is -2.23. The van der Waals surface area contributed by atoms with Gasteiger partial charge in [0.05, 0.1) is 22.8 Å². The van der Waals surface area contributed by atoms with E-state index >= 15 is 0 Å². The summed E-state index contributed by atoms with van der Waals surface area (Å²) in [5, 5.41) is 22.1. The van der Waals surface area contributed by atoms with Gasteiger partial charge in [-0.2, -0.15) is 0 Å². The van der Waals surface area contributed by atoms with Gasteiger partial charge in [0, 0.05) is 17.2 Å². The highest BCUT2D eigenvalue weighted by Crippen LogP contribution is 2.29. The first kappa shape index (κ1) is 18.3. The van der Waals surface area contributed by atoms with Gasteiger partial charge in [0.15, 0.2) is 0 Å². The van der Waals surface area contributed by atoms with Crippen LogP contribution in [0.5, 0.6) is 0 Å². The van der Waals surface area contributed by atoms with E-state index in [1.165, 1.54) is 24.4 Å². The van der Waals surface area contributed by atoms with Crippen LogP contribution in [-0.2, 0) is 0 Å². The minimum absolute atomic E-state index is 0.0299. The summed E-state index contributed by atoms with van der Waals surface area (Å²) in [7, 11) is 0. The van der Waals surface area contributed by atoms with Crippen molar-refractivity contribution >= 4 is 35.2 Å². The molecule has 8 heteroatoms. The number of hydrogen-bond donors (Lipinski definition) is 0. The normalized spacial score (nSPS) is 11.0. The highest BCUT2D eigenvalue weighted by Gasteiger charge is 2.12. The Morgan fingerprint density at radius 2 is 1.96 bits per heavy atom. The summed E-state index contributed by atoms with van der Waals surface area (Å²) in [5.74, 6) is -0.397. The van der Waals surface area contributed by atoms with Crippen molar-refractivity contribution < 1.29 is 19.2 Å². The number of carbonyl (C=O) groups excluding carboxylic acids is 1. The van der Waals surface area contributed by atoms with Crippen LogP contribution in [0.2, 0.25) is 5.02 Å². The Bertz CT molecular complexity index is 1070. The number of aryl methyl sites for hydroxylation is 1. The van der Waals surface area contributed by atoms with E-state index in [1.807, 2.05) is 0 Å². The largest absolute Gasteiger partial charge is 0.545 e. The molecule has 1 aromatic heterocycles. The number of nitro benzene ring substituents is 1. The topological polar surface area (TPSA) is 109 Å². The van der Waals surface area contributed by atoms with Gasteiger partial charge in [-0.05, 0) is 42.8 Å². The number of halogens is 1. The van der Waals surface area contributed by atoms with Crippen LogP contribution >= 0.6 is 11.6 Å². The average molecular weight is 384 g/mol. The number of nitro groups is 1. The van der Waals surface area contributed by atoms with Gasteiger partial charge in [-0.1, -0.05) is 23.7 Å². The van der Waals surface area contributed by atoms with Crippen molar-refractivity contribution in [3.8, 4) is 11.3 Å². The van der Waals surface area contributed by atoms with Gasteiger partial charge in [0.25, 0.3) is 5.69 Å². The maximum absolute atomic E-state index is 11.1. The van der Waals surface area contributed by atoms with Crippen LogP contribution in [0.4, 0.5) is 11.4 Å². The molecule has 0 fully saturated rings. The Morgan fingerprint density at radius 3 is 2.67 bits per heavy atom. The third-order valence-corrected chi connectivity index (χ3v) is 4.16. The number of hydrogen-bond acceptors (Lipinski definition) is 6. The number of rotatable bonds is 5. The zero-order valence-electron chi connectivity index (χ0n) is 14.0. The van der Waals surface area contributed by atoms with Gasteiger partial charge in [-0.3, -0.25) is 15.1 Å². The van der Waals surface area contributed by atoms with Crippen LogP contribution < -0.4 is 5.11 Å². The first-order valence-corrected chi connectivity index (χ1v) is 8.13. The standard InChI is InChI=1S/C19H13ClN2O5/c1-11-2-3-12(8-15(11)19(23)24)18-7-5-14(27-18)10-21-13-4-6-16(20)17(9-13)22(25)26/h2-10H,1H3,(H,23,24)/p-1. The number of aliphatic imine (C=N–C) groups is 1. The lowest BCUT2D eigenvalue weighted by molar-refractivity contribution is -0.384. The average Bonchev–Trinajstić information content (AvgIpc) is 3.10. The third kappa shape index (κ3) is 4.04. The second kappa shape index (κ2) is 7.43. The Morgan fingerprint density at radius 1 is 1.19 bits per heavy atom. The van der Waals surface area contributed by atoms with Crippen molar-refractivity contribution in [2.75, 3.05) is 0 Å². The molecule has 3 rings (SSSR count). The zero-order chi connectivity index (χ0) is 19.6. The molecule has 1 heterocycles. The Balaban J connectivity index is 1.86. The van der Waals surface area contributed by atoms with Crippen molar-refractivity contribution in [2.45, 2.75) is 6.92 Å². The minimum atomic E-state index is -1.26. The molecule has 0 saturated carbocycles. The molecule has 0 bridgehead atoms. The number of carboxylic acid groups (broad SMARTS) is 1. The maximum Gasteiger partial charge on any atom is 0.290 e. The van der Waals surface area contributed by atoms with E-state index in [4.69, 9.17) is 16.0 Å². The predicted molar refractivity (Wildman–Crippen MR) is 98.6 cm³/mol. The van der Waals surface area contributed by atoms with Crippen molar-refractivity contribution in [1.82, 2.24) is 0 Å². The zero-order valence-corrected chi connectivity index (χ0v) is 14.8. The highest BCUT2D eigenvalue weighted by molar-refractivity contribution is 6.32. The Hall–Kier alpha value is -3.45. The quantitative estimate of drug-likeness (QED) is 0.376. The monoisotopic (exact) mass is 383 g/mol. The van der Waals surface area contributed by atoms with Crippen molar-refractivity contribution in [3.63, 3.8) is 0 Å². The second-order valence-corrected chi connectivity index (χ2v) is 6.08. The predicted octanol–water partition coefficient (Wildman–Crippen LogP) is 3.93. The van der Waals surface area contributed by atoms with Crippen molar-refractivity contribution in [3.05, 3.63) is 80.6 Å². The summed E-state index contributed by atoms with van der Waals surface area (Å²) < 4.78 is 5.64. The molecule has 0 N–H and O–H groups in total. The fourth-order valence-electron chi connectivity index (χ4n) is 2.43. The van der Waals surface area contributed by atoms with E-state index in [0.717, 1.165) is 0 Å². The Labute approximate surface area is 158 Å². The molecule has 0 amide bonds. The van der Waals surface area contributed by atoms with E-state index in [0.29, 0.717) is 28.3 Å². The number of aromatic carboxylic acids is 1. The third-order valence-electron chi connectivity index (χ3n) is 3.84. The van der Waals surface area contributed by atoms with Crippen LogP contribution in [0.15, 0.2) is 57.9 Å². The summed E-state index contributed by atoms with van der Waals surface area (Å²) in [4.78, 5) is 25.6. The number of benzene rings is 2. The van der Waals surface area contributed by atoms with E-state index in [9.17, 15) is 20.0 Å². The SMILES string of the molecule is Cc1ccc(-c2ccc(C=Nc3ccc(Cl)c([N+](=O)[O-])c3)o2)cc1C(=O)[O-]. The van der Waals surface area contributed by atoms with E-state index in [2.05, 4.69) is 4.99 Å². The molecular formula is C19H12ClN2O5-. The van der Waals surface area contributed by atoms with Crippen LogP contribution in [0.25, 0.3) is 11.3 Å². The summed E-state index contributed by atoms with van der Waals surface area (Å²) in [6.45, 7) is 1.68. The molecule has 0 saturated heterocycles. The molecule has 2 aromatic carbocycles. The van der Waals surface area contributed by atoms with E-state index in [-0.39, 0.29) is 16.3 Å². The van der Waals surface area contributed by atoms with E-state index in [1.54, 1.807) is 37.3 Å². The number of carboxylic acids is 1. The first-order chi connectivity index (χ1) is 12.8. The molecule has 0 aliphatic heterocycles. The molecule has 0 atom stereocenters. The molecule has 27 heavy (non-hydrogen) atoms. The minimum Gasteiger partial charge on any atom is -0.545 e. The van der Waals surface area contributed by atoms with Gasteiger partial charge in [0.1, 0.15) is 16.5 Å². The summed E-state index contributed by atoms with van der Waals surface area (Å²) in [6, 6.07) is 12.4. The Kier molecular flexibility index (Phi) is 5.05.